The molecule has 0 aliphatic rings. The van der Waals surface area contributed by atoms with E-state index in [4.69, 9.17) is 19.3 Å². The minimum Gasteiger partial charge on any atom is -0.462 e. The molecule has 0 fully saturated rings. The zero-order valence-corrected chi connectivity index (χ0v) is 35.1. The van der Waals surface area contributed by atoms with E-state index in [9.17, 15) is 24.4 Å². The van der Waals surface area contributed by atoms with Crippen LogP contribution in [0.25, 0.3) is 0 Å². The highest BCUT2D eigenvalue weighted by Crippen LogP contribution is 2.36. The molecule has 0 aliphatic carbocycles. The first-order valence-corrected chi connectivity index (χ1v) is 22.4. The van der Waals surface area contributed by atoms with Gasteiger partial charge in [-0.3, -0.25) is 14.1 Å². The summed E-state index contributed by atoms with van der Waals surface area (Å²) in [6.45, 7) is 5.65. The van der Waals surface area contributed by atoms with E-state index in [-0.39, 0.29) is 19.4 Å². The quantitative estimate of drug-likeness (QED) is 0.0158. The van der Waals surface area contributed by atoms with Crippen LogP contribution in [0, 0.1) is 5.92 Å². The lowest BCUT2D eigenvalue weighted by Crippen LogP contribution is -2.29. The van der Waals surface area contributed by atoms with Gasteiger partial charge in [0, 0.05) is 12.8 Å². The Labute approximate surface area is 333 Å². The molecule has 316 valence electrons. The highest BCUT2D eigenvalue weighted by Gasteiger charge is 2.22. The molecule has 0 aromatic heterocycles. The molecule has 0 rings (SSSR count). The molecule has 0 aromatic rings. The summed E-state index contributed by atoms with van der Waals surface area (Å²) in [6.07, 6.45) is 39.9. The maximum atomic E-state index is 12.4. The van der Waals surface area contributed by atoms with Crippen molar-refractivity contribution in [2.75, 3.05) is 13.2 Å². The van der Waals surface area contributed by atoms with Crippen LogP contribution in [-0.4, -0.2) is 63.5 Å². The Morgan fingerprint density at radius 1 is 0.636 bits per heavy atom. The molecule has 0 radical (unpaired) electrons. The van der Waals surface area contributed by atoms with Gasteiger partial charge in [-0.1, -0.05) is 177 Å². The zero-order valence-electron chi connectivity index (χ0n) is 34.2. The Morgan fingerprint density at radius 2 is 1.20 bits per heavy atom. The first-order valence-electron chi connectivity index (χ1n) is 20.8. The maximum absolute atomic E-state index is 12.4. The number of hydrogen-bond acceptors (Lipinski definition) is 8. The lowest BCUT2D eigenvalue weighted by molar-refractivity contribution is -0.161. The van der Waals surface area contributed by atoms with E-state index in [2.05, 4.69) is 25.3 Å². The third-order valence-electron chi connectivity index (χ3n) is 8.59. The highest BCUT2D eigenvalue weighted by molar-refractivity contribution is 7.46. The van der Waals surface area contributed by atoms with Gasteiger partial charge in [0.15, 0.2) is 6.10 Å². The molecule has 0 aliphatic heterocycles. The number of phosphoric acid groups is 1. The van der Waals surface area contributed by atoms with Gasteiger partial charge in [-0.25, -0.2) is 4.57 Å². The molecule has 0 spiro atoms. The van der Waals surface area contributed by atoms with Crippen LogP contribution < -0.4 is 0 Å². The molecule has 0 amide bonds. The van der Waals surface area contributed by atoms with Gasteiger partial charge in [-0.2, -0.15) is 0 Å². The minimum atomic E-state index is -4.80. The van der Waals surface area contributed by atoms with E-state index in [1.807, 2.05) is 42.5 Å². The van der Waals surface area contributed by atoms with Crippen molar-refractivity contribution in [3.8, 4) is 0 Å². The Balaban J connectivity index is 4.19. The fraction of sp³-hybridized carbons (Fsp3) is 0.682. The number of rotatable bonds is 36. The molecule has 0 saturated heterocycles. The second-order valence-corrected chi connectivity index (χ2v) is 15.7. The van der Waals surface area contributed by atoms with Gasteiger partial charge in [0.2, 0.25) is 0 Å². The largest absolute Gasteiger partial charge is 0.469 e. The second-order valence-electron chi connectivity index (χ2n) is 14.5. The predicted molar refractivity (Wildman–Crippen MR) is 223 cm³/mol. The normalized spacial score (nSPS) is 14.5. The lowest BCUT2D eigenvalue weighted by Gasteiger charge is -2.18. The number of carbonyl (C=O) groups excluding carboxylic acids is 2. The van der Waals surface area contributed by atoms with Gasteiger partial charge in [0.1, 0.15) is 6.61 Å². The van der Waals surface area contributed by atoms with Crippen molar-refractivity contribution in [1.29, 1.82) is 0 Å². The topological polar surface area (TPSA) is 160 Å². The first-order chi connectivity index (χ1) is 26.4. The number of unbranched alkanes of at least 4 members (excludes halogenated alkanes) is 13. The van der Waals surface area contributed by atoms with Crippen molar-refractivity contribution < 1.29 is 48.2 Å². The molecule has 0 heterocycles. The highest BCUT2D eigenvalue weighted by atomic mass is 31.2. The number of hydrogen-bond donors (Lipinski definition) is 4. The SMILES string of the molecule is CC/C=C\C[C@@H](O)/C=C/C=C\C/C=C\C=C\[C@@H](O)/C=C\CCCC(=O)OC[C@H](COP(=O)(O)O)OC(=O)CCCCCCCCCCCCCCCC(C)C. The van der Waals surface area contributed by atoms with E-state index >= 15 is 0 Å². The smallest absolute Gasteiger partial charge is 0.462 e. The van der Waals surface area contributed by atoms with E-state index in [0.29, 0.717) is 32.1 Å². The van der Waals surface area contributed by atoms with E-state index in [1.165, 1.54) is 64.2 Å². The second kappa shape index (κ2) is 37.0. The average Bonchev–Trinajstić information content (AvgIpc) is 3.13. The molecule has 10 nitrogen and oxygen atoms in total. The number of aliphatic hydroxyl groups is 2. The van der Waals surface area contributed by atoms with Gasteiger partial charge in [0.25, 0.3) is 0 Å². The molecule has 0 saturated carbocycles. The average molecular weight is 795 g/mol. The summed E-state index contributed by atoms with van der Waals surface area (Å²) in [7, 11) is -4.80. The first kappa shape index (κ1) is 52.4. The van der Waals surface area contributed by atoms with Gasteiger partial charge >= 0.3 is 19.8 Å². The molecule has 0 aromatic carbocycles. The molecule has 55 heavy (non-hydrogen) atoms. The summed E-state index contributed by atoms with van der Waals surface area (Å²) in [5, 5.41) is 19.9. The van der Waals surface area contributed by atoms with Crippen LogP contribution >= 0.6 is 7.82 Å². The van der Waals surface area contributed by atoms with E-state index < -0.39 is 44.7 Å². The van der Waals surface area contributed by atoms with Crippen molar-refractivity contribution in [1.82, 2.24) is 0 Å². The van der Waals surface area contributed by atoms with Crippen LogP contribution in [0.3, 0.4) is 0 Å². The van der Waals surface area contributed by atoms with Crippen LogP contribution in [0.2, 0.25) is 0 Å². The summed E-state index contributed by atoms with van der Waals surface area (Å²) in [5.74, 6) is -0.261. The number of esters is 2. The predicted octanol–water partition coefficient (Wildman–Crippen LogP) is 10.5. The molecule has 0 unspecified atom stereocenters. The summed E-state index contributed by atoms with van der Waals surface area (Å²) in [4.78, 5) is 42.8. The number of phosphoric ester groups is 1. The monoisotopic (exact) mass is 795 g/mol. The third kappa shape index (κ3) is 40.9. The summed E-state index contributed by atoms with van der Waals surface area (Å²) in [5.41, 5.74) is 0. The zero-order chi connectivity index (χ0) is 40.8. The Hall–Kier alpha value is -2.59. The fourth-order valence-corrected chi connectivity index (χ4v) is 5.83. The number of ether oxygens (including phenoxy) is 2. The number of allylic oxidation sites excluding steroid dienone is 8. The van der Waals surface area contributed by atoms with E-state index in [1.54, 1.807) is 30.4 Å². The van der Waals surface area contributed by atoms with Gasteiger partial charge in [-0.15, -0.1) is 0 Å². The molecular weight excluding hydrogens is 719 g/mol. The van der Waals surface area contributed by atoms with Gasteiger partial charge < -0.3 is 29.5 Å². The summed E-state index contributed by atoms with van der Waals surface area (Å²) in [6, 6.07) is 0. The Morgan fingerprint density at radius 3 is 1.78 bits per heavy atom. The van der Waals surface area contributed by atoms with Crippen LogP contribution in [0.1, 0.15) is 156 Å². The summed E-state index contributed by atoms with van der Waals surface area (Å²) >= 11 is 0. The van der Waals surface area contributed by atoms with Crippen molar-refractivity contribution in [3.05, 3.63) is 72.9 Å². The molecule has 11 heteroatoms. The van der Waals surface area contributed by atoms with Crippen molar-refractivity contribution in [2.24, 2.45) is 5.92 Å². The van der Waals surface area contributed by atoms with Gasteiger partial charge in [-0.05, 0) is 44.4 Å². The molecule has 3 atom stereocenters. The standard InChI is InChI=1S/C44H75O10P/c1-4-5-23-31-40(45)32-25-19-15-13-16-20-26-33-41(46)34-27-22-29-35-43(47)52-37-42(38-53-55(49,50)51)54-44(48)36-28-21-17-12-10-8-6-7-9-11-14-18-24-30-39(2)3/h5,15-16,19-20,23,25-27,32-34,39-42,45-46H,4,6-14,17-18,21-22,24,28-31,35-38H2,1-3H3,(H2,49,50,51)/b19-15-,20-16-,23-5-,32-25+,33-26+,34-27-/t40-,41-,42-/m1/s1. The molecular formula is C44H75O10P. The Kier molecular flexibility index (Phi) is 35.3. The number of carbonyl (C=O) groups is 2. The van der Waals surface area contributed by atoms with Gasteiger partial charge in [0.05, 0.1) is 18.8 Å². The van der Waals surface area contributed by atoms with Crippen LogP contribution in [0.15, 0.2) is 72.9 Å². The fourth-order valence-electron chi connectivity index (χ4n) is 5.47. The maximum Gasteiger partial charge on any atom is 0.469 e. The van der Waals surface area contributed by atoms with Crippen molar-refractivity contribution in [3.63, 3.8) is 0 Å². The van der Waals surface area contributed by atoms with E-state index in [0.717, 1.165) is 31.6 Å². The third-order valence-corrected chi connectivity index (χ3v) is 9.08. The van der Waals surface area contributed by atoms with Crippen LogP contribution in [-0.2, 0) is 28.2 Å². The van der Waals surface area contributed by atoms with Crippen molar-refractivity contribution >= 4 is 19.8 Å². The molecule has 0 bridgehead atoms. The van der Waals surface area contributed by atoms with Crippen LogP contribution in [0.4, 0.5) is 0 Å². The number of aliphatic hydroxyl groups excluding tert-OH is 2. The van der Waals surface area contributed by atoms with Crippen molar-refractivity contribution in [2.45, 2.75) is 174 Å². The minimum absolute atomic E-state index is 0.0785. The lowest BCUT2D eigenvalue weighted by atomic mass is 10.0. The van der Waals surface area contributed by atoms with Crippen LogP contribution in [0.5, 0.6) is 0 Å². The molecule has 4 N–H and O–H groups in total. The Bertz CT molecular complexity index is 1170. The summed E-state index contributed by atoms with van der Waals surface area (Å²) < 4.78 is 26.3.